The van der Waals surface area contributed by atoms with Crippen LogP contribution in [0.25, 0.3) is 11.3 Å². The highest BCUT2D eigenvalue weighted by Crippen LogP contribution is 2.43. The van der Waals surface area contributed by atoms with Crippen molar-refractivity contribution in [1.82, 2.24) is 9.55 Å². The number of hydrogen-bond donors (Lipinski definition) is 1. The number of nitrogens with two attached hydrogens (primary N) is 1. The summed E-state index contributed by atoms with van der Waals surface area (Å²) in [6.45, 7) is 8.79. The van der Waals surface area contributed by atoms with Crippen LogP contribution in [0.15, 0.2) is 30.9 Å². The third-order valence-electron chi connectivity index (χ3n) is 4.01. The lowest BCUT2D eigenvalue weighted by atomic mass is 10.0. The van der Waals surface area contributed by atoms with E-state index < -0.39 is 0 Å². The van der Waals surface area contributed by atoms with Gasteiger partial charge in [0.25, 0.3) is 0 Å². The van der Waals surface area contributed by atoms with E-state index in [9.17, 15) is 0 Å². The van der Waals surface area contributed by atoms with Gasteiger partial charge >= 0.3 is 0 Å². The minimum atomic E-state index is 0.579. The third kappa shape index (κ3) is 2.03. The number of rotatable bonds is 4. The van der Waals surface area contributed by atoms with E-state index in [1.165, 1.54) is 29.5 Å². The van der Waals surface area contributed by atoms with E-state index in [0.29, 0.717) is 5.92 Å². The first-order valence-corrected chi connectivity index (χ1v) is 7.17. The molecule has 1 aromatic carbocycles. The summed E-state index contributed by atoms with van der Waals surface area (Å²) in [5.41, 5.74) is 10.9. The van der Waals surface area contributed by atoms with Crippen LogP contribution in [0.2, 0.25) is 0 Å². The second-order valence-electron chi connectivity index (χ2n) is 5.64. The number of benzene rings is 1. The number of nitrogen functional groups attached to an aromatic ring is 1. The third-order valence-corrected chi connectivity index (χ3v) is 4.01. The van der Waals surface area contributed by atoms with Gasteiger partial charge < -0.3 is 10.3 Å². The number of aryl methyl sites for hydroxylation is 2. The van der Waals surface area contributed by atoms with Gasteiger partial charge in [-0.25, -0.2) is 4.98 Å². The Kier molecular flexibility index (Phi) is 3.13. The van der Waals surface area contributed by atoms with E-state index in [1.807, 2.05) is 6.08 Å². The molecular formula is C17H21N3. The molecule has 104 valence electrons. The maximum Gasteiger partial charge on any atom is 0.132 e. The van der Waals surface area contributed by atoms with Gasteiger partial charge in [-0.05, 0) is 37.8 Å². The first-order valence-electron chi connectivity index (χ1n) is 7.17. The molecule has 0 unspecified atom stereocenters. The predicted molar refractivity (Wildman–Crippen MR) is 83.7 cm³/mol. The summed E-state index contributed by atoms with van der Waals surface area (Å²) >= 11 is 0. The lowest BCUT2D eigenvalue weighted by Crippen LogP contribution is -2.05. The molecule has 2 aromatic rings. The van der Waals surface area contributed by atoms with Gasteiger partial charge in [-0.1, -0.05) is 24.3 Å². The highest BCUT2D eigenvalue weighted by atomic mass is 15.1. The SMILES string of the molecule is C=CCn1c(C2CC2)nc(-c2c(C)cccc2C)c1N. The quantitative estimate of drug-likeness (QED) is 0.856. The summed E-state index contributed by atoms with van der Waals surface area (Å²) in [6, 6.07) is 6.31. The van der Waals surface area contributed by atoms with E-state index in [-0.39, 0.29) is 0 Å². The monoisotopic (exact) mass is 267 g/mol. The Hall–Kier alpha value is -2.03. The minimum absolute atomic E-state index is 0.579. The van der Waals surface area contributed by atoms with Crippen LogP contribution in [-0.2, 0) is 6.54 Å². The van der Waals surface area contributed by atoms with Crippen molar-refractivity contribution in [3.8, 4) is 11.3 Å². The van der Waals surface area contributed by atoms with E-state index in [4.69, 9.17) is 10.7 Å². The number of anilines is 1. The molecule has 3 nitrogen and oxygen atoms in total. The Labute approximate surface area is 120 Å². The van der Waals surface area contributed by atoms with Gasteiger partial charge in [-0.3, -0.25) is 0 Å². The normalized spacial score (nSPS) is 14.5. The average molecular weight is 267 g/mol. The maximum atomic E-state index is 6.38. The Bertz CT molecular complexity index is 643. The van der Waals surface area contributed by atoms with Gasteiger partial charge in [0, 0.05) is 18.0 Å². The summed E-state index contributed by atoms with van der Waals surface area (Å²) in [6.07, 6.45) is 4.33. The highest BCUT2D eigenvalue weighted by molar-refractivity contribution is 5.76. The van der Waals surface area contributed by atoms with Crippen LogP contribution in [0.1, 0.15) is 35.7 Å². The van der Waals surface area contributed by atoms with Crippen LogP contribution < -0.4 is 5.73 Å². The Morgan fingerprint density at radius 3 is 2.55 bits per heavy atom. The zero-order valence-corrected chi connectivity index (χ0v) is 12.2. The summed E-state index contributed by atoms with van der Waals surface area (Å²) in [5.74, 6) is 2.47. The molecule has 2 N–H and O–H groups in total. The number of nitrogens with zero attached hydrogens (tertiary/aromatic N) is 2. The van der Waals surface area contributed by atoms with Gasteiger partial charge in [0.2, 0.25) is 0 Å². The number of hydrogen-bond acceptors (Lipinski definition) is 2. The zero-order chi connectivity index (χ0) is 14.3. The first-order chi connectivity index (χ1) is 9.63. The van der Waals surface area contributed by atoms with Crippen molar-refractivity contribution in [2.75, 3.05) is 5.73 Å². The summed E-state index contributed by atoms with van der Waals surface area (Å²) in [4.78, 5) is 4.87. The predicted octanol–water partition coefficient (Wildman–Crippen LogP) is 3.81. The van der Waals surface area contributed by atoms with Gasteiger partial charge in [0.05, 0.1) is 0 Å². The highest BCUT2D eigenvalue weighted by Gasteiger charge is 2.31. The van der Waals surface area contributed by atoms with Crippen molar-refractivity contribution in [3.05, 3.63) is 47.8 Å². The standard InChI is InChI=1S/C17H21N3/c1-4-10-20-16(18)15(19-17(20)13-8-9-13)14-11(2)6-5-7-12(14)3/h4-7,13H,1,8-10,18H2,2-3H3. The molecule has 0 aliphatic heterocycles. The lowest BCUT2D eigenvalue weighted by Gasteiger charge is -2.09. The van der Waals surface area contributed by atoms with Gasteiger partial charge in [-0.15, -0.1) is 6.58 Å². The fourth-order valence-electron chi connectivity index (χ4n) is 2.83. The zero-order valence-electron chi connectivity index (χ0n) is 12.2. The molecule has 3 heteroatoms. The molecule has 0 saturated heterocycles. The number of allylic oxidation sites excluding steroid dienone is 1. The van der Waals surface area contributed by atoms with Crippen molar-refractivity contribution in [3.63, 3.8) is 0 Å². The second kappa shape index (κ2) is 4.82. The molecule has 1 aliphatic carbocycles. The molecule has 1 heterocycles. The molecule has 1 aromatic heterocycles. The van der Waals surface area contributed by atoms with Crippen LogP contribution in [0, 0.1) is 13.8 Å². The number of aromatic nitrogens is 2. The smallest absolute Gasteiger partial charge is 0.132 e. The Balaban J connectivity index is 2.19. The van der Waals surface area contributed by atoms with Crippen LogP contribution in [0.4, 0.5) is 5.82 Å². The largest absolute Gasteiger partial charge is 0.383 e. The molecule has 1 saturated carbocycles. The molecular weight excluding hydrogens is 246 g/mol. The molecule has 1 fully saturated rings. The van der Waals surface area contributed by atoms with Gasteiger partial charge in [0.15, 0.2) is 0 Å². The first kappa shape index (κ1) is 13.0. The van der Waals surface area contributed by atoms with Crippen LogP contribution in [0.3, 0.4) is 0 Å². The molecule has 0 bridgehead atoms. The number of imidazole rings is 1. The lowest BCUT2D eigenvalue weighted by molar-refractivity contribution is 0.750. The van der Waals surface area contributed by atoms with Crippen LogP contribution in [-0.4, -0.2) is 9.55 Å². The Morgan fingerprint density at radius 1 is 1.35 bits per heavy atom. The van der Waals surface area contributed by atoms with Crippen molar-refractivity contribution >= 4 is 5.82 Å². The van der Waals surface area contributed by atoms with E-state index in [0.717, 1.165) is 23.9 Å². The van der Waals surface area contributed by atoms with Crippen molar-refractivity contribution in [2.45, 2.75) is 39.2 Å². The maximum absolute atomic E-state index is 6.38. The fraction of sp³-hybridized carbons (Fsp3) is 0.353. The molecule has 0 atom stereocenters. The average Bonchev–Trinajstić information content (AvgIpc) is 3.20. The molecule has 1 aliphatic rings. The van der Waals surface area contributed by atoms with Gasteiger partial charge in [0.1, 0.15) is 17.3 Å². The molecule has 0 spiro atoms. The van der Waals surface area contributed by atoms with E-state index >= 15 is 0 Å². The molecule has 0 radical (unpaired) electrons. The van der Waals surface area contributed by atoms with Gasteiger partial charge in [-0.2, -0.15) is 0 Å². The molecule has 20 heavy (non-hydrogen) atoms. The van der Waals surface area contributed by atoms with Crippen LogP contribution >= 0.6 is 0 Å². The topological polar surface area (TPSA) is 43.8 Å². The van der Waals surface area contributed by atoms with Crippen molar-refractivity contribution < 1.29 is 0 Å². The van der Waals surface area contributed by atoms with Crippen LogP contribution in [0.5, 0.6) is 0 Å². The summed E-state index contributed by atoms with van der Waals surface area (Å²) < 4.78 is 2.12. The van der Waals surface area contributed by atoms with E-state index in [1.54, 1.807) is 0 Å². The van der Waals surface area contributed by atoms with Crippen molar-refractivity contribution in [2.24, 2.45) is 0 Å². The van der Waals surface area contributed by atoms with Crippen molar-refractivity contribution in [1.29, 1.82) is 0 Å². The second-order valence-corrected chi connectivity index (χ2v) is 5.64. The summed E-state index contributed by atoms with van der Waals surface area (Å²) in [7, 11) is 0. The van der Waals surface area contributed by atoms with E-state index in [2.05, 4.69) is 43.2 Å². The molecule has 3 rings (SSSR count). The minimum Gasteiger partial charge on any atom is -0.383 e. The summed E-state index contributed by atoms with van der Waals surface area (Å²) in [5, 5.41) is 0. The molecule has 0 amide bonds. The Morgan fingerprint density at radius 2 is 2.00 bits per heavy atom. The fourth-order valence-corrected chi connectivity index (χ4v) is 2.83.